The molecule has 0 bridgehead atoms. The lowest BCUT2D eigenvalue weighted by Gasteiger charge is -2.33. The van der Waals surface area contributed by atoms with Gasteiger partial charge in [0.25, 0.3) is 0 Å². The molecule has 1 fully saturated rings. The molecule has 0 heterocycles. The summed E-state index contributed by atoms with van der Waals surface area (Å²) in [6, 6.07) is 7.61. The summed E-state index contributed by atoms with van der Waals surface area (Å²) in [5.41, 5.74) is 7.72. The van der Waals surface area contributed by atoms with Crippen LogP contribution < -0.4 is 10.5 Å². The molecule has 1 aromatic carbocycles. The minimum Gasteiger partial charge on any atom is -0.495 e. The van der Waals surface area contributed by atoms with Crippen LogP contribution in [0.1, 0.15) is 43.2 Å². The Morgan fingerprint density at radius 1 is 1.30 bits per heavy atom. The Morgan fingerprint density at radius 2 is 2.05 bits per heavy atom. The third kappa shape index (κ3) is 3.72. The lowest BCUT2D eigenvalue weighted by molar-refractivity contribution is 0.0574. The van der Waals surface area contributed by atoms with Gasteiger partial charge in [0.2, 0.25) is 0 Å². The Hall–Kier alpha value is -1.57. The van der Waals surface area contributed by atoms with E-state index >= 15 is 0 Å². The average Bonchev–Trinajstić information content (AvgIpc) is 2.47. The maximum atomic E-state index is 8.94. The molecule has 1 aliphatic rings. The molecule has 1 saturated carbocycles. The number of nitriles is 1. The van der Waals surface area contributed by atoms with E-state index in [1.54, 1.807) is 13.2 Å². The largest absolute Gasteiger partial charge is 0.495 e. The first-order chi connectivity index (χ1) is 9.67. The summed E-state index contributed by atoms with van der Waals surface area (Å²) in [4.78, 5) is 0. The molecule has 0 saturated heterocycles. The van der Waals surface area contributed by atoms with Crippen LogP contribution >= 0.6 is 0 Å². The smallest absolute Gasteiger partial charge is 0.136 e. The van der Waals surface area contributed by atoms with E-state index in [1.807, 2.05) is 12.1 Å². The minimum absolute atomic E-state index is 0.158. The second-order valence-corrected chi connectivity index (χ2v) is 5.56. The first kappa shape index (κ1) is 14.8. The van der Waals surface area contributed by atoms with Gasteiger partial charge in [0.05, 0.1) is 25.9 Å². The minimum atomic E-state index is -0.158. The van der Waals surface area contributed by atoms with E-state index < -0.39 is 0 Å². The van der Waals surface area contributed by atoms with Crippen LogP contribution in [0.15, 0.2) is 18.2 Å². The van der Waals surface area contributed by atoms with Crippen molar-refractivity contribution >= 4 is 0 Å². The molecule has 108 valence electrons. The number of methoxy groups -OCH3 is 1. The first-order valence-corrected chi connectivity index (χ1v) is 7.10. The number of hydrogen-bond acceptors (Lipinski definition) is 4. The number of hydrogen-bond donors (Lipinski definition) is 1. The predicted octanol–water partition coefficient (Wildman–Crippen LogP) is 2.75. The van der Waals surface area contributed by atoms with Crippen molar-refractivity contribution in [3.63, 3.8) is 0 Å². The molecule has 20 heavy (non-hydrogen) atoms. The van der Waals surface area contributed by atoms with Crippen LogP contribution in [0.2, 0.25) is 0 Å². The summed E-state index contributed by atoms with van der Waals surface area (Å²) < 4.78 is 11.0. The monoisotopic (exact) mass is 274 g/mol. The average molecular weight is 274 g/mol. The van der Waals surface area contributed by atoms with Crippen LogP contribution in [0.3, 0.4) is 0 Å². The highest BCUT2D eigenvalue weighted by Gasteiger charge is 2.27. The van der Waals surface area contributed by atoms with Gasteiger partial charge in [0, 0.05) is 5.54 Å². The summed E-state index contributed by atoms with van der Waals surface area (Å²) in [5, 5.41) is 8.94. The zero-order valence-electron chi connectivity index (χ0n) is 12.0. The number of ether oxygens (including phenoxy) is 2. The summed E-state index contributed by atoms with van der Waals surface area (Å²) in [5.74, 6) is 0.591. The van der Waals surface area contributed by atoms with E-state index in [2.05, 4.69) is 6.07 Å². The molecular weight excluding hydrogens is 252 g/mol. The molecule has 2 N–H and O–H groups in total. The number of benzene rings is 1. The third-order valence-corrected chi connectivity index (χ3v) is 3.89. The summed E-state index contributed by atoms with van der Waals surface area (Å²) in [6.45, 7) is 1.09. The number of nitrogens with two attached hydrogens (primary N) is 1. The first-order valence-electron chi connectivity index (χ1n) is 7.10. The van der Waals surface area contributed by atoms with E-state index in [-0.39, 0.29) is 5.54 Å². The van der Waals surface area contributed by atoms with Crippen molar-refractivity contribution in [1.82, 2.24) is 0 Å². The molecule has 1 aliphatic carbocycles. The third-order valence-electron chi connectivity index (χ3n) is 3.89. The van der Waals surface area contributed by atoms with Crippen molar-refractivity contribution in [2.75, 3.05) is 13.7 Å². The summed E-state index contributed by atoms with van der Waals surface area (Å²) in [7, 11) is 1.57. The molecule has 0 radical (unpaired) electrons. The van der Waals surface area contributed by atoms with Gasteiger partial charge in [-0.1, -0.05) is 25.3 Å². The zero-order valence-corrected chi connectivity index (χ0v) is 12.0. The van der Waals surface area contributed by atoms with Gasteiger partial charge in [-0.2, -0.15) is 5.26 Å². The fraction of sp³-hybridized carbons (Fsp3) is 0.562. The van der Waals surface area contributed by atoms with Crippen molar-refractivity contribution in [1.29, 1.82) is 5.26 Å². The Balaban J connectivity index is 1.89. The second kappa shape index (κ2) is 6.74. The molecule has 2 rings (SSSR count). The van der Waals surface area contributed by atoms with Gasteiger partial charge < -0.3 is 15.2 Å². The fourth-order valence-corrected chi connectivity index (χ4v) is 2.69. The maximum absolute atomic E-state index is 8.94. The van der Waals surface area contributed by atoms with E-state index in [9.17, 15) is 0 Å². The van der Waals surface area contributed by atoms with Gasteiger partial charge in [0.15, 0.2) is 0 Å². The van der Waals surface area contributed by atoms with Gasteiger partial charge in [0.1, 0.15) is 11.8 Å². The van der Waals surface area contributed by atoms with Gasteiger partial charge >= 0.3 is 0 Å². The Kier molecular flexibility index (Phi) is 4.99. The van der Waals surface area contributed by atoms with Crippen molar-refractivity contribution in [3.8, 4) is 11.8 Å². The molecular formula is C16H22N2O2. The molecule has 0 aromatic heterocycles. The second-order valence-electron chi connectivity index (χ2n) is 5.56. The van der Waals surface area contributed by atoms with Crippen LogP contribution in [-0.4, -0.2) is 19.3 Å². The van der Waals surface area contributed by atoms with E-state index in [0.29, 0.717) is 24.5 Å². The molecule has 1 aromatic rings. The normalized spacial score (nSPS) is 17.4. The highest BCUT2D eigenvalue weighted by atomic mass is 16.5. The maximum Gasteiger partial charge on any atom is 0.136 e. The van der Waals surface area contributed by atoms with Gasteiger partial charge in [-0.15, -0.1) is 0 Å². The molecule has 0 atom stereocenters. The zero-order chi connectivity index (χ0) is 14.4. The van der Waals surface area contributed by atoms with Crippen LogP contribution in [0.25, 0.3) is 0 Å². The lowest BCUT2D eigenvalue weighted by Crippen LogP contribution is -2.46. The van der Waals surface area contributed by atoms with Crippen molar-refractivity contribution in [3.05, 3.63) is 29.3 Å². The standard InChI is InChI=1S/C16H22N2O2/c1-19-15-9-13(5-6-14(15)10-17)11-20-12-16(18)7-3-2-4-8-16/h5-6,9H,2-4,7-8,11-12,18H2,1H3. The SMILES string of the molecule is COc1cc(COCC2(N)CCCCC2)ccc1C#N. The quantitative estimate of drug-likeness (QED) is 0.896. The Bertz CT molecular complexity index is 488. The van der Waals surface area contributed by atoms with Crippen molar-refractivity contribution in [2.24, 2.45) is 5.73 Å². The predicted molar refractivity (Wildman–Crippen MR) is 77.4 cm³/mol. The highest BCUT2D eigenvalue weighted by molar-refractivity contribution is 5.45. The number of nitrogens with zero attached hydrogens (tertiary/aromatic N) is 1. The Labute approximate surface area is 120 Å². The van der Waals surface area contributed by atoms with E-state index in [0.717, 1.165) is 18.4 Å². The van der Waals surface area contributed by atoms with Crippen LogP contribution in [-0.2, 0) is 11.3 Å². The van der Waals surface area contributed by atoms with Crippen molar-refractivity contribution in [2.45, 2.75) is 44.2 Å². The lowest BCUT2D eigenvalue weighted by atomic mass is 9.83. The molecule has 0 amide bonds. The topological polar surface area (TPSA) is 68.3 Å². The molecule has 0 spiro atoms. The van der Waals surface area contributed by atoms with E-state index in [4.69, 9.17) is 20.5 Å². The molecule has 4 nitrogen and oxygen atoms in total. The molecule has 4 heteroatoms. The Morgan fingerprint density at radius 3 is 2.70 bits per heavy atom. The molecule has 0 unspecified atom stereocenters. The van der Waals surface area contributed by atoms with Crippen LogP contribution in [0.4, 0.5) is 0 Å². The number of rotatable bonds is 5. The van der Waals surface area contributed by atoms with Gasteiger partial charge in [-0.05, 0) is 30.5 Å². The van der Waals surface area contributed by atoms with Crippen LogP contribution in [0, 0.1) is 11.3 Å². The molecule has 0 aliphatic heterocycles. The van der Waals surface area contributed by atoms with E-state index in [1.165, 1.54) is 19.3 Å². The summed E-state index contributed by atoms with van der Waals surface area (Å²) in [6.07, 6.45) is 5.77. The van der Waals surface area contributed by atoms with Gasteiger partial charge in [-0.25, -0.2) is 0 Å². The summed E-state index contributed by atoms with van der Waals surface area (Å²) >= 11 is 0. The highest BCUT2D eigenvalue weighted by Crippen LogP contribution is 2.26. The van der Waals surface area contributed by atoms with Gasteiger partial charge in [-0.3, -0.25) is 0 Å². The van der Waals surface area contributed by atoms with Crippen molar-refractivity contribution < 1.29 is 9.47 Å². The fourth-order valence-electron chi connectivity index (χ4n) is 2.69. The van der Waals surface area contributed by atoms with Crippen LogP contribution in [0.5, 0.6) is 5.75 Å².